The van der Waals surface area contributed by atoms with Gasteiger partial charge in [0.2, 0.25) is 0 Å². The summed E-state index contributed by atoms with van der Waals surface area (Å²) in [5.74, 6) is -0.242. The number of methoxy groups -OCH3 is 1. The van der Waals surface area contributed by atoms with Gasteiger partial charge in [0, 0.05) is 12.0 Å². The summed E-state index contributed by atoms with van der Waals surface area (Å²) >= 11 is 0. The number of phenolic OH excluding ortho intramolecular Hbond substituents is 1. The minimum absolute atomic E-state index is 0.151. The van der Waals surface area contributed by atoms with Crippen LogP contribution in [0.3, 0.4) is 0 Å². The summed E-state index contributed by atoms with van der Waals surface area (Å²) in [7, 11) is 1.29. The number of benzene rings is 2. The van der Waals surface area contributed by atoms with E-state index in [1.807, 2.05) is 30.3 Å². The molecule has 3 rings (SSSR count). The van der Waals surface area contributed by atoms with Crippen LogP contribution in [0.1, 0.15) is 40.9 Å². The zero-order chi connectivity index (χ0) is 18.9. The Kier molecular flexibility index (Phi) is 4.92. The molecule has 0 radical (unpaired) electrons. The lowest BCUT2D eigenvalue weighted by molar-refractivity contribution is -0.0417. The van der Waals surface area contributed by atoms with E-state index in [0.717, 1.165) is 12.0 Å². The first kappa shape index (κ1) is 18.3. The number of ether oxygens (including phenoxy) is 2. The number of hydrogen-bond acceptors (Lipinski definition) is 5. The van der Waals surface area contributed by atoms with Gasteiger partial charge in [0.25, 0.3) is 0 Å². The lowest BCUT2D eigenvalue weighted by Gasteiger charge is -2.37. The largest absolute Gasteiger partial charge is 0.507 e. The molecule has 138 valence electrons. The van der Waals surface area contributed by atoms with Crippen molar-refractivity contribution in [3.05, 3.63) is 58.7 Å². The zero-order valence-corrected chi connectivity index (χ0v) is 15.3. The van der Waals surface area contributed by atoms with E-state index in [0.29, 0.717) is 23.3 Å². The number of hydrogen-bond donors (Lipinski definition) is 2. The average Bonchev–Trinajstić information content (AvgIpc) is 2.62. The van der Waals surface area contributed by atoms with E-state index in [2.05, 4.69) is 0 Å². The van der Waals surface area contributed by atoms with Gasteiger partial charge in [-0.15, -0.1) is 0 Å². The molecule has 1 aliphatic rings. The molecule has 2 N–H and O–H groups in total. The number of aliphatic hydroxyl groups excluding tert-OH is 1. The van der Waals surface area contributed by atoms with Gasteiger partial charge in [0.15, 0.2) is 0 Å². The minimum Gasteiger partial charge on any atom is -0.507 e. The molecule has 2 aromatic carbocycles. The molecule has 2 aromatic rings. The fourth-order valence-electron chi connectivity index (χ4n) is 3.27. The van der Waals surface area contributed by atoms with Crippen molar-refractivity contribution in [1.82, 2.24) is 0 Å². The molecular formula is C21H24O5. The van der Waals surface area contributed by atoms with Crippen molar-refractivity contribution in [1.29, 1.82) is 0 Å². The van der Waals surface area contributed by atoms with Crippen LogP contribution in [0.15, 0.2) is 36.4 Å². The Morgan fingerprint density at radius 2 is 1.96 bits per heavy atom. The van der Waals surface area contributed by atoms with Gasteiger partial charge in [-0.25, -0.2) is 4.79 Å². The van der Waals surface area contributed by atoms with Gasteiger partial charge in [0.1, 0.15) is 22.7 Å². The molecule has 1 unspecified atom stereocenters. The summed E-state index contributed by atoms with van der Waals surface area (Å²) in [6.07, 6.45) is 0.718. The number of aromatic hydroxyl groups is 1. The average molecular weight is 356 g/mol. The van der Waals surface area contributed by atoms with Crippen molar-refractivity contribution in [2.45, 2.75) is 44.8 Å². The van der Waals surface area contributed by atoms with Gasteiger partial charge in [-0.2, -0.15) is 0 Å². The Hall–Kier alpha value is -2.53. The molecule has 0 fully saturated rings. The monoisotopic (exact) mass is 356 g/mol. The van der Waals surface area contributed by atoms with Crippen molar-refractivity contribution >= 4 is 5.97 Å². The predicted octanol–water partition coefficient (Wildman–Crippen LogP) is 3.04. The number of aryl methyl sites for hydroxylation is 2. The quantitative estimate of drug-likeness (QED) is 0.824. The zero-order valence-electron chi connectivity index (χ0n) is 15.3. The van der Waals surface area contributed by atoms with Crippen molar-refractivity contribution in [3.8, 4) is 11.5 Å². The van der Waals surface area contributed by atoms with Crippen LogP contribution >= 0.6 is 0 Å². The second-order valence-corrected chi connectivity index (χ2v) is 7.14. The normalized spacial score (nSPS) is 17.9. The highest BCUT2D eigenvalue weighted by molar-refractivity contribution is 5.95. The predicted molar refractivity (Wildman–Crippen MR) is 97.7 cm³/mol. The standard InChI is InChI=1S/C21H24O5/c1-21(2)17(22)12-15-16(26-21)11-14(18(19(15)23)20(24)25-3)10-9-13-7-5-4-6-8-13/h4-8,11,17,22-23H,9-10,12H2,1-3H3. The first-order valence-electron chi connectivity index (χ1n) is 8.70. The summed E-state index contributed by atoms with van der Waals surface area (Å²) in [5.41, 5.74) is 1.64. The maximum absolute atomic E-state index is 12.3. The molecule has 5 heteroatoms. The van der Waals surface area contributed by atoms with Gasteiger partial charge >= 0.3 is 5.97 Å². The Bertz CT molecular complexity index is 811. The SMILES string of the molecule is COC(=O)c1c(CCc2ccccc2)cc2c(c1O)CC(O)C(C)(C)O2. The lowest BCUT2D eigenvalue weighted by Crippen LogP contribution is -2.46. The smallest absolute Gasteiger partial charge is 0.341 e. The van der Waals surface area contributed by atoms with Crippen LogP contribution in [0.2, 0.25) is 0 Å². The van der Waals surface area contributed by atoms with Gasteiger partial charge in [-0.05, 0) is 43.9 Å². The molecule has 0 saturated carbocycles. The summed E-state index contributed by atoms with van der Waals surface area (Å²) in [4.78, 5) is 12.3. The molecule has 5 nitrogen and oxygen atoms in total. The number of phenols is 1. The first-order chi connectivity index (χ1) is 12.3. The number of fused-ring (bicyclic) bond motifs is 1. The lowest BCUT2D eigenvalue weighted by atomic mass is 9.87. The van der Waals surface area contributed by atoms with Gasteiger partial charge < -0.3 is 19.7 Å². The Balaban J connectivity index is 2.02. The maximum Gasteiger partial charge on any atom is 0.341 e. The number of esters is 1. The highest BCUT2D eigenvalue weighted by Crippen LogP contribution is 2.42. The van der Waals surface area contributed by atoms with E-state index in [1.54, 1.807) is 19.9 Å². The third-order valence-corrected chi connectivity index (χ3v) is 4.93. The molecule has 0 bridgehead atoms. The molecule has 0 spiro atoms. The number of aliphatic hydroxyl groups is 1. The van der Waals surface area contributed by atoms with E-state index >= 15 is 0 Å². The van der Waals surface area contributed by atoms with E-state index in [4.69, 9.17) is 9.47 Å². The molecule has 1 atom stereocenters. The molecule has 0 aliphatic carbocycles. The van der Waals surface area contributed by atoms with Crippen LogP contribution in [0.5, 0.6) is 11.5 Å². The highest BCUT2D eigenvalue weighted by atomic mass is 16.5. The second-order valence-electron chi connectivity index (χ2n) is 7.14. The van der Waals surface area contributed by atoms with E-state index in [-0.39, 0.29) is 17.7 Å². The molecule has 26 heavy (non-hydrogen) atoms. The molecule has 0 saturated heterocycles. The van der Waals surface area contributed by atoms with Crippen LogP contribution in [0.4, 0.5) is 0 Å². The highest BCUT2D eigenvalue weighted by Gasteiger charge is 2.38. The van der Waals surface area contributed by atoms with Crippen LogP contribution in [0.25, 0.3) is 0 Å². The molecule has 0 amide bonds. The van der Waals surface area contributed by atoms with Crippen molar-refractivity contribution < 1.29 is 24.5 Å². The summed E-state index contributed by atoms with van der Waals surface area (Å²) < 4.78 is 10.8. The van der Waals surface area contributed by atoms with Crippen molar-refractivity contribution in [2.24, 2.45) is 0 Å². The van der Waals surface area contributed by atoms with E-state index < -0.39 is 17.7 Å². The minimum atomic E-state index is -0.776. The fraction of sp³-hybridized carbons (Fsp3) is 0.381. The Morgan fingerprint density at radius 1 is 1.27 bits per heavy atom. The van der Waals surface area contributed by atoms with E-state index in [1.165, 1.54) is 7.11 Å². The number of carbonyl (C=O) groups is 1. The number of carbonyl (C=O) groups excluding carboxylic acids is 1. The van der Waals surface area contributed by atoms with Crippen LogP contribution < -0.4 is 4.74 Å². The third-order valence-electron chi connectivity index (χ3n) is 4.93. The Morgan fingerprint density at radius 3 is 2.62 bits per heavy atom. The summed E-state index contributed by atoms with van der Waals surface area (Å²) in [5, 5.41) is 21.0. The topological polar surface area (TPSA) is 76.0 Å². The maximum atomic E-state index is 12.3. The third kappa shape index (κ3) is 3.40. The van der Waals surface area contributed by atoms with Crippen molar-refractivity contribution in [2.75, 3.05) is 7.11 Å². The van der Waals surface area contributed by atoms with Crippen LogP contribution in [0, 0.1) is 0 Å². The Labute approximate surface area is 153 Å². The first-order valence-corrected chi connectivity index (χ1v) is 8.70. The van der Waals surface area contributed by atoms with Crippen LogP contribution in [-0.2, 0) is 24.0 Å². The van der Waals surface area contributed by atoms with E-state index in [9.17, 15) is 15.0 Å². The van der Waals surface area contributed by atoms with Gasteiger partial charge in [-0.1, -0.05) is 30.3 Å². The van der Waals surface area contributed by atoms with Gasteiger partial charge in [-0.3, -0.25) is 0 Å². The molecule has 1 aliphatic heterocycles. The van der Waals surface area contributed by atoms with Crippen LogP contribution in [-0.4, -0.2) is 35.0 Å². The number of rotatable bonds is 4. The summed E-state index contributed by atoms with van der Waals surface area (Å²) in [6.45, 7) is 3.60. The van der Waals surface area contributed by atoms with Crippen molar-refractivity contribution in [3.63, 3.8) is 0 Å². The second kappa shape index (κ2) is 7.00. The van der Waals surface area contributed by atoms with Gasteiger partial charge in [0.05, 0.1) is 13.2 Å². The molecule has 1 heterocycles. The molecule has 0 aromatic heterocycles. The summed E-state index contributed by atoms with van der Waals surface area (Å²) in [6, 6.07) is 11.7. The molecular weight excluding hydrogens is 332 g/mol. The fourth-order valence-corrected chi connectivity index (χ4v) is 3.27.